The molecule has 39 heavy (non-hydrogen) atoms. The van der Waals surface area contributed by atoms with Crippen LogP contribution in [0.4, 0.5) is 0 Å². The second-order valence-electron chi connectivity index (χ2n) is 10.5. The Labute approximate surface area is 222 Å². The number of ketones is 2. The number of ether oxygens (including phenoxy) is 2. The van der Waals surface area contributed by atoms with Crippen LogP contribution < -0.4 is 15.2 Å². The highest BCUT2D eigenvalue weighted by Gasteiger charge is 2.63. The van der Waals surface area contributed by atoms with E-state index in [0.717, 1.165) is 5.56 Å². The van der Waals surface area contributed by atoms with Crippen molar-refractivity contribution >= 4 is 17.5 Å². The number of aliphatic hydroxyl groups is 3. The number of carbonyl (C=O) groups is 3. The van der Waals surface area contributed by atoms with E-state index in [-0.39, 0.29) is 36.5 Å². The van der Waals surface area contributed by atoms with Gasteiger partial charge < -0.3 is 35.6 Å². The molecule has 1 aliphatic heterocycles. The molecule has 0 fully saturated rings. The lowest BCUT2D eigenvalue weighted by molar-refractivity contribution is -0.148. The normalized spacial score (nSPS) is 27.4. The van der Waals surface area contributed by atoms with Crippen LogP contribution in [-0.2, 0) is 16.0 Å². The van der Waals surface area contributed by atoms with Crippen molar-refractivity contribution < 1.29 is 44.3 Å². The first-order valence-corrected chi connectivity index (χ1v) is 12.4. The quantitative estimate of drug-likeness (QED) is 0.362. The predicted molar refractivity (Wildman–Crippen MR) is 135 cm³/mol. The van der Waals surface area contributed by atoms with Gasteiger partial charge in [-0.25, -0.2) is 0 Å². The number of rotatable bonds is 3. The summed E-state index contributed by atoms with van der Waals surface area (Å²) in [5.41, 5.74) is 3.52. The summed E-state index contributed by atoms with van der Waals surface area (Å²) in [7, 11) is 3.17. The minimum Gasteiger partial charge on any atom is -0.510 e. The van der Waals surface area contributed by atoms with E-state index in [1.807, 2.05) is 6.07 Å². The van der Waals surface area contributed by atoms with Gasteiger partial charge in [0.25, 0.3) is 5.91 Å². The number of nitrogens with two attached hydrogens (primary N) is 1. The minimum absolute atomic E-state index is 0.0159. The molecule has 6 N–H and O–H groups in total. The first-order chi connectivity index (χ1) is 18.5. The minimum atomic E-state index is -2.67. The van der Waals surface area contributed by atoms with Crippen LogP contribution in [0.15, 0.2) is 53.0 Å². The summed E-state index contributed by atoms with van der Waals surface area (Å²) in [6, 6.07) is 7.34. The third-order valence-corrected chi connectivity index (χ3v) is 8.29. The van der Waals surface area contributed by atoms with Gasteiger partial charge in [-0.05, 0) is 67.7 Å². The molecule has 0 spiro atoms. The molecule has 0 unspecified atom stereocenters. The molecule has 1 heterocycles. The molecule has 0 bridgehead atoms. The number of primary amides is 1. The van der Waals surface area contributed by atoms with Gasteiger partial charge in [0.15, 0.2) is 22.9 Å². The van der Waals surface area contributed by atoms with Gasteiger partial charge in [0.1, 0.15) is 22.8 Å². The molecule has 4 atom stereocenters. The fourth-order valence-corrected chi connectivity index (χ4v) is 6.59. The molecule has 2 aromatic carbocycles. The van der Waals surface area contributed by atoms with Gasteiger partial charge in [-0.1, -0.05) is 12.1 Å². The number of nitrogens with zero attached hydrogens (tertiary/aromatic N) is 1. The highest BCUT2D eigenvalue weighted by molar-refractivity contribution is 6.24. The summed E-state index contributed by atoms with van der Waals surface area (Å²) in [6.45, 7) is 0.0925. The van der Waals surface area contributed by atoms with Crippen LogP contribution in [-0.4, -0.2) is 75.3 Å². The number of carbonyl (C=O) groups excluding carboxylic acids is 3. The Kier molecular flexibility index (Phi) is 5.33. The summed E-state index contributed by atoms with van der Waals surface area (Å²) in [5, 5.41) is 44.7. The molecule has 0 saturated carbocycles. The number of amides is 1. The average Bonchev–Trinajstić information content (AvgIpc) is 3.34. The standard InChI is InChI=1S/C28H26N2O9/c1-30(2)22-15-8-12-7-14-13(11-3-6-17-18(9-11)39-10-38-17)4-5-16(31)20(14)23(32)19(12)25(34)28(15,37)26(35)21(24(22)33)27(29)36/h3-6,9,12,15,22,31,33-34,37H,7-8,10H2,1-2H3,(H2,29,36)/t12-,15-,22+,28+/m0/s1. The Bertz CT molecular complexity index is 1560. The third-order valence-electron chi connectivity index (χ3n) is 8.29. The maximum atomic E-state index is 13.9. The lowest BCUT2D eigenvalue weighted by atomic mass is 9.58. The fraction of sp³-hybridized carbons (Fsp3) is 0.321. The first kappa shape index (κ1) is 25.0. The molecular formula is C28H26N2O9. The van der Waals surface area contributed by atoms with Crippen molar-refractivity contribution in [2.75, 3.05) is 20.9 Å². The van der Waals surface area contributed by atoms with Crippen molar-refractivity contribution in [3.8, 4) is 28.4 Å². The SMILES string of the molecule is CN(C)[C@H]1C(O)=C(C(N)=O)C(=O)[C@]2(O)C(O)=C3C(=O)c4c(O)ccc(-c5ccc6c(c5)OCO6)c4C[C@H]3C[C@@H]12. The van der Waals surface area contributed by atoms with Crippen molar-refractivity contribution in [3.63, 3.8) is 0 Å². The van der Waals surface area contributed by atoms with E-state index in [0.29, 0.717) is 22.6 Å². The summed E-state index contributed by atoms with van der Waals surface area (Å²) in [4.78, 5) is 40.9. The monoisotopic (exact) mass is 534 g/mol. The number of aliphatic hydroxyl groups excluding tert-OH is 2. The number of fused-ring (bicyclic) bond motifs is 4. The molecule has 0 aromatic heterocycles. The van der Waals surface area contributed by atoms with E-state index in [1.54, 1.807) is 32.3 Å². The zero-order valence-corrected chi connectivity index (χ0v) is 21.1. The van der Waals surface area contributed by atoms with Crippen LogP contribution in [0.1, 0.15) is 22.3 Å². The summed E-state index contributed by atoms with van der Waals surface area (Å²) < 4.78 is 10.9. The van der Waals surface area contributed by atoms with Crippen LogP contribution in [0.5, 0.6) is 17.2 Å². The van der Waals surface area contributed by atoms with E-state index >= 15 is 0 Å². The highest BCUT2D eigenvalue weighted by Crippen LogP contribution is 2.53. The molecule has 11 heteroatoms. The summed E-state index contributed by atoms with van der Waals surface area (Å²) in [6.07, 6.45) is 0.203. The highest BCUT2D eigenvalue weighted by atomic mass is 16.7. The lowest BCUT2D eigenvalue weighted by Crippen LogP contribution is -2.63. The Hall–Kier alpha value is -4.35. The third kappa shape index (κ3) is 3.26. The van der Waals surface area contributed by atoms with Crippen molar-refractivity contribution in [2.24, 2.45) is 17.6 Å². The van der Waals surface area contributed by atoms with Gasteiger partial charge >= 0.3 is 0 Å². The van der Waals surface area contributed by atoms with E-state index in [9.17, 15) is 34.8 Å². The van der Waals surface area contributed by atoms with Crippen LogP contribution in [0.25, 0.3) is 11.1 Å². The van der Waals surface area contributed by atoms with E-state index in [1.165, 1.54) is 11.0 Å². The Balaban J connectivity index is 1.53. The second kappa shape index (κ2) is 8.32. The smallest absolute Gasteiger partial charge is 0.255 e. The molecule has 2 aromatic rings. The van der Waals surface area contributed by atoms with E-state index in [2.05, 4.69) is 0 Å². The molecule has 3 aliphatic carbocycles. The van der Waals surface area contributed by atoms with Gasteiger partial charge in [-0.3, -0.25) is 19.3 Å². The van der Waals surface area contributed by atoms with Gasteiger partial charge in [0, 0.05) is 11.5 Å². The molecule has 1 amide bonds. The van der Waals surface area contributed by atoms with Crippen LogP contribution in [0.3, 0.4) is 0 Å². The van der Waals surface area contributed by atoms with Crippen LogP contribution in [0, 0.1) is 11.8 Å². The molecule has 4 aliphatic rings. The first-order valence-electron chi connectivity index (χ1n) is 12.4. The zero-order chi connectivity index (χ0) is 28.0. The number of hydrogen-bond donors (Lipinski definition) is 5. The average molecular weight is 535 g/mol. The van der Waals surface area contributed by atoms with Crippen molar-refractivity contribution in [1.82, 2.24) is 4.90 Å². The van der Waals surface area contributed by atoms with E-state index < -0.39 is 58.0 Å². The Morgan fingerprint density at radius 3 is 2.49 bits per heavy atom. The Morgan fingerprint density at radius 1 is 1.08 bits per heavy atom. The number of allylic oxidation sites excluding steroid dienone is 1. The fourth-order valence-electron chi connectivity index (χ4n) is 6.59. The maximum Gasteiger partial charge on any atom is 0.255 e. The molecule has 6 rings (SSSR count). The second-order valence-corrected chi connectivity index (χ2v) is 10.5. The van der Waals surface area contributed by atoms with Crippen molar-refractivity contribution in [2.45, 2.75) is 24.5 Å². The maximum absolute atomic E-state index is 13.9. The van der Waals surface area contributed by atoms with Crippen molar-refractivity contribution in [1.29, 1.82) is 0 Å². The topological polar surface area (TPSA) is 180 Å². The molecule has 0 radical (unpaired) electrons. The molecular weight excluding hydrogens is 508 g/mol. The van der Waals surface area contributed by atoms with Crippen LogP contribution in [0.2, 0.25) is 0 Å². The summed E-state index contributed by atoms with van der Waals surface area (Å²) >= 11 is 0. The number of hydrogen-bond acceptors (Lipinski definition) is 10. The largest absolute Gasteiger partial charge is 0.510 e. The van der Waals surface area contributed by atoms with Gasteiger partial charge in [-0.2, -0.15) is 0 Å². The number of Topliss-reactive ketones (excluding diaryl/α,β-unsaturated/α-hetero) is 2. The number of phenolic OH excluding ortho intramolecular Hbond substituents is 1. The number of benzene rings is 2. The number of likely N-dealkylation sites (N-methyl/N-ethyl adjacent to an activating group) is 1. The molecule has 11 nitrogen and oxygen atoms in total. The van der Waals surface area contributed by atoms with E-state index in [4.69, 9.17) is 15.2 Å². The zero-order valence-electron chi connectivity index (χ0n) is 21.1. The summed E-state index contributed by atoms with van der Waals surface area (Å²) in [5.74, 6) is -5.70. The van der Waals surface area contributed by atoms with Crippen molar-refractivity contribution in [3.05, 3.63) is 64.1 Å². The number of aromatic hydroxyl groups is 1. The number of phenols is 1. The molecule has 202 valence electrons. The lowest BCUT2D eigenvalue weighted by Gasteiger charge is -2.50. The predicted octanol–water partition coefficient (Wildman–Crippen LogP) is 1.52. The molecule has 0 saturated heterocycles. The van der Waals surface area contributed by atoms with Gasteiger partial charge in [-0.15, -0.1) is 0 Å². The van der Waals surface area contributed by atoms with Gasteiger partial charge in [0.05, 0.1) is 11.6 Å². The van der Waals surface area contributed by atoms with Crippen LogP contribution >= 0.6 is 0 Å². The van der Waals surface area contributed by atoms with Gasteiger partial charge in [0.2, 0.25) is 12.6 Å². The Morgan fingerprint density at radius 2 is 1.79 bits per heavy atom.